The van der Waals surface area contributed by atoms with E-state index in [4.69, 9.17) is 4.74 Å². The van der Waals surface area contributed by atoms with E-state index in [0.717, 1.165) is 22.3 Å². The molecule has 0 aliphatic heterocycles. The molecule has 0 aromatic heterocycles. The van der Waals surface area contributed by atoms with Gasteiger partial charge in [0.05, 0.1) is 0 Å². The number of ether oxygens (including phenoxy) is 1. The first-order valence-electron chi connectivity index (χ1n) is 12.6. The number of amides is 2. The molecule has 0 bridgehead atoms. The van der Waals surface area contributed by atoms with Gasteiger partial charge in [-0.3, -0.25) is 9.59 Å². The molecule has 3 rings (SSSR count). The molecule has 1 N–H and O–H groups in total. The molecule has 3 aromatic rings. The fraction of sp³-hybridized carbons (Fsp3) is 0.355. The van der Waals surface area contributed by atoms with Gasteiger partial charge in [-0.1, -0.05) is 93.6 Å². The number of para-hydroxylation sites is 1. The van der Waals surface area contributed by atoms with Crippen molar-refractivity contribution in [1.82, 2.24) is 10.2 Å². The molecule has 1 atom stereocenters. The minimum absolute atomic E-state index is 0.128. The lowest BCUT2D eigenvalue weighted by molar-refractivity contribution is -0.142. The molecular formula is C31H38N2O3. The average molecular weight is 487 g/mol. The summed E-state index contributed by atoms with van der Waals surface area (Å²) in [6.07, 6.45) is 0.420. The Bertz CT molecular complexity index is 1150. The van der Waals surface area contributed by atoms with Crippen molar-refractivity contribution in [2.45, 2.75) is 59.0 Å². The van der Waals surface area contributed by atoms with Crippen molar-refractivity contribution >= 4 is 11.8 Å². The van der Waals surface area contributed by atoms with Gasteiger partial charge >= 0.3 is 0 Å². The molecule has 0 unspecified atom stereocenters. The van der Waals surface area contributed by atoms with Crippen LogP contribution in [0.1, 0.15) is 49.9 Å². The first-order valence-corrected chi connectivity index (χ1v) is 12.6. The van der Waals surface area contributed by atoms with Gasteiger partial charge in [0.2, 0.25) is 5.91 Å². The summed E-state index contributed by atoms with van der Waals surface area (Å²) in [6.45, 7) is 10.9. The van der Waals surface area contributed by atoms with Gasteiger partial charge in [-0.2, -0.15) is 0 Å². The van der Waals surface area contributed by atoms with Gasteiger partial charge in [-0.25, -0.2) is 0 Å². The van der Waals surface area contributed by atoms with Crippen molar-refractivity contribution in [2.24, 2.45) is 0 Å². The zero-order chi connectivity index (χ0) is 26.1. The SMILES string of the molecule is CCNC(=O)[C@@H](Cc1ccccc1)N(Cc1ccccc1C)C(=O)COc1ccccc1C(C)(C)C. The number of nitrogens with zero attached hydrogens (tertiary/aromatic N) is 1. The summed E-state index contributed by atoms with van der Waals surface area (Å²) >= 11 is 0. The van der Waals surface area contributed by atoms with E-state index in [1.54, 1.807) is 4.90 Å². The van der Waals surface area contributed by atoms with Gasteiger partial charge in [0.25, 0.3) is 5.91 Å². The van der Waals surface area contributed by atoms with E-state index in [9.17, 15) is 9.59 Å². The lowest BCUT2D eigenvalue weighted by Crippen LogP contribution is -2.51. The Hall–Kier alpha value is -3.60. The fourth-order valence-electron chi connectivity index (χ4n) is 4.25. The highest BCUT2D eigenvalue weighted by molar-refractivity contribution is 5.88. The molecular weight excluding hydrogens is 448 g/mol. The molecule has 0 aliphatic rings. The second-order valence-corrected chi connectivity index (χ2v) is 10.1. The summed E-state index contributed by atoms with van der Waals surface area (Å²) in [7, 11) is 0. The summed E-state index contributed by atoms with van der Waals surface area (Å²) in [5.41, 5.74) is 3.98. The Kier molecular flexibility index (Phi) is 9.29. The molecule has 0 saturated carbocycles. The number of likely N-dealkylation sites (N-methyl/N-ethyl adjacent to an activating group) is 1. The monoisotopic (exact) mass is 486 g/mol. The molecule has 0 fully saturated rings. The van der Waals surface area contributed by atoms with Crippen LogP contribution >= 0.6 is 0 Å². The minimum atomic E-state index is -0.666. The number of aryl methyl sites for hydroxylation is 1. The van der Waals surface area contributed by atoms with E-state index in [0.29, 0.717) is 25.3 Å². The summed E-state index contributed by atoms with van der Waals surface area (Å²) in [5, 5.41) is 2.93. The zero-order valence-corrected chi connectivity index (χ0v) is 22.1. The van der Waals surface area contributed by atoms with Gasteiger partial charge in [0, 0.05) is 19.5 Å². The Morgan fingerprint density at radius 1 is 0.917 bits per heavy atom. The first kappa shape index (κ1) is 27.0. The number of nitrogens with one attached hydrogen (secondary N) is 1. The second-order valence-electron chi connectivity index (χ2n) is 10.1. The van der Waals surface area contributed by atoms with Crippen LogP contribution < -0.4 is 10.1 Å². The van der Waals surface area contributed by atoms with Crippen molar-refractivity contribution < 1.29 is 14.3 Å². The normalized spacial score (nSPS) is 12.0. The van der Waals surface area contributed by atoms with Crippen LogP contribution in [0.5, 0.6) is 5.75 Å². The lowest BCUT2D eigenvalue weighted by atomic mass is 9.86. The Morgan fingerprint density at radius 3 is 2.22 bits per heavy atom. The molecule has 0 aliphatic carbocycles. The molecule has 0 heterocycles. The molecule has 0 spiro atoms. The molecule has 5 heteroatoms. The van der Waals surface area contributed by atoms with Crippen molar-refractivity contribution in [1.29, 1.82) is 0 Å². The van der Waals surface area contributed by atoms with Crippen molar-refractivity contribution in [3.05, 3.63) is 101 Å². The number of benzene rings is 3. The van der Waals surface area contributed by atoms with Gasteiger partial charge in [0.1, 0.15) is 11.8 Å². The molecule has 0 radical (unpaired) electrons. The quantitative estimate of drug-likeness (QED) is 0.415. The van der Waals surface area contributed by atoms with E-state index < -0.39 is 6.04 Å². The van der Waals surface area contributed by atoms with Gasteiger partial charge in [-0.15, -0.1) is 0 Å². The molecule has 36 heavy (non-hydrogen) atoms. The number of carbonyl (C=O) groups is 2. The minimum Gasteiger partial charge on any atom is -0.483 e. The topological polar surface area (TPSA) is 58.6 Å². The number of carbonyl (C=O) groups excluding carboxylic acids is 2. The predicted octanol–water partition coefficient (Wildman–Crippen LogP) is 5.45. The standard InChI is InChI=1S/C31H38N2O3/c1-6-32-30(35)27(20-24-15-8-7-9-16-24)33(21-25-17-11-10-14-23(25)2)29(34)22-36-28-19-13-12-18-26(28)31(3,4)5/h7-19,27H,6,20-22H2,1-5H3,(H,32,35)/t27-/m1/s1. The number of hydrogen-bond donors (Lipinski definition) is 1. The summed E-state index contributed by atoms with van der Waals surface area (Å²) in [5.74, 6) is 0.291. The third-order valence-electron chi connectivity index (χ3n) is 6.27. The maximum atomic E-state index is 13.8. The van der Waals surface area contributed by atoms with E-state index in [-0.39, 0.29) is 23.8 Å². The highest BCUT2D eigenvalue weighted by Crippen LogP contribution is 2.31. The summed E-state index contributed by atoms with van der Waals surface area (Å²) < 4.78 is 6.09. The summed E-state index contributed by atoms with van der Waals surface area (Å²) in [6, 6.07) is 24.9. The van der Waals surface area contributed by atoms with E-state index in [1.807, 2.05) is 92.7 Å². The highest BCUT2D eigenvalue weighted by Gasteiger charge is 2.31. The second kappa shape index (κ2) is 12.4. The van der Waals surface area contributed by atoms with E-state index in [2.05, 4.69) is 26.1 Å². The van der Waals surface area contributed by atoms with Gasteiger partial charge < -0.3 is 15.0 Å². The largest absolute Gasteiger partial charge is 0.483 e. The first-order chi connectivity index (χ1) is 17.2. The van der Waals surface area contributed by atoms with Crippen LogP contribution in [0.15, 0.2) is 78.9 Å². The Morgan fingerprint density at radius 2 is 1.56 bits per heavy atom. The molecule has 0 saturated heterocycles. The maximum absolute atomic E-state index is 13.8. The number of hydrogen-bond acceptors (Lipinski definition) is 3. The van der Waals surface area contributed by atoms with Crippen LogP contribution in [0.2, 0.25) is 0 Å². The number of rotatable bonds is 10. The molecule has 3 aromatic carbocycles. The molecule has 5 nitrogen and oxygen atoms in total. The van der Waals surface area contributed by atoms with E-state index >= 15 is 0 Å². The van der Waals surface area contributed by atoms with Crippen LogP contribution in [0, 0.1) is 6.92 Å². The van der Waals surface area contributed by atoms with Gasteiger partial charge in [-0.05, 0) is 47.6 Å². The third kappa shape index (κ3) is 7.20. The van der Waals surface area contributed by atoms with Crippen molar-refractivity contribution in [2.75, 3.05) is 13.2 Å². The van der Waals surface area contributed by atoms with Crippen LogP contribution in [0.4, 0.5) is 0 Å². The lowest BCUT2D eigenvalue weighted by Gasteiger charge is -2.32. The smallest absolute Gasteiger partial charge is 0.261 e. The highest BCUT2D eigenvalue weighted by atomic mass is 16.5. The van der Waals surface area contributed by atoms with Crippen LogP contribution in [-0.2, 0) is 28.0 Å². The van der Waals surface area contributed by atoms with Crippen LogP contribution in [0.25, 0.3) is 0 Å². The summed E-state index contributed by atoms with van der Waals surface area (Å²) in [4.78, 5) is 28.7. The van der Waals surface area contributed by atoms with Crippen molar-refractivity contribution in [3.8, 4) is 5.75 Å². The average Bonchev–Trinajstić information content (AvgIpc) is 2.86. The third-order valence-corrected chi connectivity index (χ3v) is 6.27. The van der Waals surface area contributed by atoms with Crippen LogP contribution in [-0.4, -0.2) is 35.9 Å². The fourth-order valence-corrected chi connectivity index (χ4v) is 4.25. The van der Waals surface area contributed by atoms with Crippen LogP contribution in [0.3, 0.4) is 0 Å². The van der Waals surface area contributed by atoms with Gasteiger partial charge in [0.15, 0.2) is 6.61 Å². The Labute approximate surface area is 215 Å². The predicted molar refractivity (Wildman–Crippen MR) is 145 cm³/mol. The van der Waals surface area contributed by atoms with Crippen molar-refractivity contribution in [3.63, 3.8) is 0 Å². The maximum Gasteiger partial charge on any atom is 0.261 e. The molecule has 190 valence electrons. The zero-order valence-electron chi connectivity index (χ0n) is 22.1. The van der Waals surface area contributed by atoms with E-state index in [1.165, 1.54) is 0 Å². The molecule has 2 amide bonds. The Balaban J connectivity index is 1.93.